The molecule has 1 unspecified atom stereocenters. The number of fused-ring (bicyclic) bond motifs is 1. The topological polar surface area (TPSA) is 73.1 Å². The SMILES string of the molecule is Cn1cnc2cc(C(=O)N3CCC(OCc4ccncc4)C3)cnc21. The predicted octanol–water partition coefficient (Wildman–Crippen LogP) is 1.79. The second-order valence-corrected chi connectivity index (χ2v) is 6.25. The third kappa shape index (κ3) is 3.23. The highest BCUT2D eigenvalue weighted by Crippen LogP contribution is 2.19. The largest absolute Gasteiger partial charge is 0.372 e. The molecule has 3 aromatic rings. The molecule has 1 fully saturated rings. The number of aromatic nitrogens is 4. The summed E-state index contributed by atoms with van der Waals surface area (Å²) in [6.07, 6.45) is 7.73. The number of ether oxygens (including phenoxy) is 1. The van der Waals surface area contributed by atoms with Crippen molar-refractivity contribution >= 4 is 17.1 Å². The van der Waals surface area contributed by atoms with E-state index in [1.54, 1.807) is 31.0 Å². The van der Waals surface area contributed by atoms with Crippen LogP contribution in [-0.4, -0.2) is 49.5 Å². The van der Waals surface area contributed by atoms with Crippen LogP contribution in [-0.2, 0) is 18.4 Å². The Morgan fingerprint density at radius 2 is 2.16 bits per heavy atom. The van der Waals surface area contributed by atoms with E-state index in [1.165, 1.54) is 0 Å². The monoisotopic (exact) mass is 337 g/mol. The quantitative estimate of drug-likeness (QED) is 0.726. The summed E-state index contributed by atoms with van der Waals surface area (Å²) in [5, 5.41) is 0. The minimum atomic E-state index is -0.0185. The van der Waals surface area contributed by atoms with Crippen molar-refractivity contribution in [2.75, 3.05) is 13.1 Å². The number of carbonyl (C=O) groups is 1. The highest BCUT2D eigenvalue weighted by atomic mass is 16.5. The molecule has 0 N–H and O–H groups in total. The van der Waals surface area contributed by atoms with Gasteiger partial charge in [-0.2, -0.15) is 0 Å². The molecule has 1 atom stereocenters. The van der Waals surface area contributed by atoms with Crippen molar-refractivity contribution in [2.45, 2.75) is 19.1 Å². The minimum Gasteiger partial charge on any atom is -0.372 e. The zero-order valence-electron chi connectivity index (χ0n) is 14.0. The van der Waals surface area contributed by atoms with E-state index in [0.717, 1.165) is 23.1 Å². The normalized spacial score (nSPS) is 17.3. The van der Waals surface area contributed by atoms with Crippen LogP contribution in [0.3, 0.4) is 0 Å². The number of nitrogens with zero attached hydrogens (tertiary/aromatic N) is 5. The van der Waals surface area contributed by atoms with E-state index < -0.39 is 0 Å². The second-order valence-electron chi connectivity index (χ2n) is 6.25. The van der Waals surface area contributed by atoms with Crippen molar-refractivity contribution in [3.05, 3.63) is 54.2 Å². The van der Waals surface area contributed by atoms with Gasteiger partial charge in [0, 0.05) is 38.7 Å². The molecule has 0 aliphatic carbocycles. The van der Waals surface area contributed by atoms with Crippen molar-refractivity contribution in [1.29, 1.82) is 0 Å². The lowest BCUT2D eigenvalue weighted by molar-refractivity contribution is 0.0437. The van der Waals surface area contributed by atoms with E-state index in [9.17, 15) is 4.79 Å². The van der Waals surface area contributed by atoms with Crippen molar-refractivity contribution in [3.8, 4) is 0 Å². The number of carbonyl (C=O) groups excluding carboxylic acids is 1. The van der Waals surface area contributed by atoms with Crippen molar-refractivity contribution < 1.29 is 9.53 Å². The van der Waals surface area contributed by atoms with E-state index >= 15 is 0 Å². The van der Waals surface area contributed by atoms with Crippen LogP contribution in [0.2, 0.25) is 0 Å². The molecule has 25 heavy (non-hydrogen) atoms. The lowest BCUT2D eigenvalue weighted by atomic mass is 10.2. The van der Waals surface area contributed by atoms with E-state index in [0.29, 0.717) is 25.3 Å². The minimum absolute atomic E-state index is 0.0185. The molecule has 0 spiro atoms. The molecule has 4 rings (SSSR count). The first-order valence-electron chi connectivity index (χ1n) is 8.27. The molecule has 0 aromatic carbocycles. The maximum atomic E-state index is 12.7. The maximum Gasteiger partial charge on any atom is 0.255 e. The average molecular weight is 337 g/mol. The summed E-state index contributed by atoms with van der Waals surface area (Å²) >= 11 is 0. The van der Waals surface area contributed by atoms with Gasteiger partial charge in [-0.15, -0.1) is 0 Å². The van der Waals surface area contributed by atoms with Gasteiger partial charge in [-0.25, -0.2) is 9.97 Å². The predicted molar refractivity (Wildman–Crippen MR) is 91.8 cm³/mol. The molecule has 0 bridgehead atoms. The Bertz CT molecular complexity index is 893. The van der Waals surface area contributed by atoms with Crippen LogP contribution in [0, 0.1) is 0 Å². The highest BCUT2D eigenvalue weighted by Gasteiger charge is 2.28. The number of hydrogen-bond acceptors (Lipinski definition) is 5. The van der Waals surface area contributed by atoms with Crippen molar-refractivity contribution in [1.82, 2.24) is 24.4 Å². The number of rotatable bonds is 4. The molecular weight excluding hydrogens is 318 g/mol. The molecule has 4 heterocycles. The van der Waals surface area contributed by atoms with E-state index in [1.807, 2.05) is 28.6 Å². The fraction of sp³-hybridized carbons (Fsp3) is 0.333. The number of imidazole rings is 1. The van der Waals surface area contributed by atoms with Gasteiger partial charge in [0.2, 0.25) is 0 Å². The Balaban J connectivity index is 1.39. The fourth-order valence-corrected chi connectivity index (χ4v) is 3.06. The number of aryl methyl sites for hydroxylation is 1. The molecular formula is C18H19N5O2. The third-order valence-corrected chi connectivity index (χ3v) is 4.47. The van der Waals surface area contributed by atoms with Crippen LogP contribution in [0.25, 0.3) is 11.2 Å². The van der Waals surface area contributed by atoms with Crippen LogP contribution < -0.4 is 0 Å². The first kappa shape index (κ1) is 15.7. The average Bonchev–Trinajstić information content (AvgIpc) is 3.27. The zero-order chi connectivity index (χ0) is 17.2. The Kier molecular flexibility index (Phi) is 4.15. The third-order valence-electron chi connectivity index (χ3n) is 4.47. The van der Waals surface area contributed by atoms with Gasteiger partial charge in [0.1, 0.15) is 5.52 Å². The molecule has 0 saturated carbocycles. The number of amides is 1. The van der Waals surface area contributed by atoms with Gasteiger partial charge in [-0.05, 0) is 30.2 Å². The number of pyridine rings is 2. The molecule has 0 radical (unpaired) electrons. The van der Waals surface area contributed by atoms with E-state index in [-0.39, 0.29) is 12.0 Å². The van der Waals surface area contributed by atoms with E-state index in [4.69, 9.17) is 4.74 Å². The first-order chi connectivity index (χ1) is 12.2. The summed E-state index contributed by atoms with van der Waals surface area (Å²) in [6.45, 7) is 1.83. The second kappa shape index (κ2) is 6.60. The lowest BCUT2D eigenvalue weighted by Crippen LogP contribution is -2.30. The Labute approximate surface area is 145 Å². The van der Waals surface area contributed by atoms with Crippen LogP contribution >= 0.6 is 0 Å². The molecule has 1 aliphatic heterocycles. The number of likely N-dealkylation sites (tertiary alicyclic amines) is 1. The lowest BCUT2D eigenvalue weighted by Gasteiger charge is -2.16. The van der Waals surface area contributed by atoms with Crippen LogP contribution in [0.5, 0.6) is 0 Å². The highest BCUT2D eigenvalue weighted by molar-refractivity contribution is 5.96. The van der Waals surface area contributed by atoms with Crippen molar-refractivity contribution in [2.24, 2.45) is 7.05 Å². The van der Waals surface area contributed by atoms with Gasteiger partial charge in [0.15, 0.2) is 5.65 Å². The first-order valence-corrected chi connectivity index (χ1v) is 8.27. The van der Waals surface area contributed by atoms with Crippen LogP contribution in [0.4, 0.5) is 0 Å². The molecule has 128 valence electrons. The molecule has 7 nitrogen and oxygen atoms in total. The Hall–Kier alpha value is -2.80. The summed E-state index contributed by atoms with van der Waals surface area (Å²) in [7, 11) is 1.88. The van der Waals surface area contributed by atoms with Crippen molar-refractivity contribution in [3.63, 3.8) is 0 Å². The molecule has 1 saturated heterocycles. The summed E-state index contributed by atoms with van der Waals surface area (Å²) < 4.78 is 7.76. The smallest absolute Gasteiger partial charge is 0.255 e. The fourth-order valence-electron chi connectivity index (χ4n) is 3.06. The summed E-state index contributed by atoms with van der Waals surface area (Å²) in [6, 6.07) is 5.67. The molecule has 1 aliphatic rings. The van der Waals surface area contributed by atoms with Gasteiger partial charge in [0.25, 0.3) is 5.91 Å². The summed E-state index contributed by atoms with van der Waals surface area (Å²) in [4.78, 5) is 27.1. The zero-order valence-corrected chi connectivity index (χ0v) is 14.0. The van der Waals surface area contributed by atoms with Crippen LogP contribution in [0.1, 0.15) is 22.3 Å². The van der Waals surface area contributed by atoms with Gasteiger partial charge >= 0.3 is 0 Å². The molecule has 1 amide bonds. The Morgan fingerprint density at radius 3 is 3.00 bits per heavy atom. The standard InChI is InChI=1S/C18H19N5O2/c1-22-12-21-16-8-14(9-20-17(16)22)18(24)23-7-4-15(10-23)25-11-13-2-5-19-6-3-13/h2-3,5-6,8-9,12,15H,4,7,10-11H2,1H3. The van der Waals surface area contributed by atoms with Gasteiger partial charge in [-0.1, -0.05) is 0 Å². The molecule has 7 heteroatoms. The molecule has 3 aromatic heterocycles. The maximum absolute atomic E-state index is 12.7. The van der Waals surface area contributed by atoms with Gasteiger partial charge in [-0.3, -0.25) is 9.78 Å². The number of hydrogen-bond donors (Lipinski definition) is 0. The van der Waals surface area contributed by atoms with Gasteiger partial charge in [0.05, 0.1) is 24.6 Å². The van der Waals surface area contributed by atoms with Crippen LogP contribution in [0.15, 0.2) is 43.1 Å². The summed E-state index contributed by atoms with van der Waals surface area (Å²) in [5.41, 5.74) is 3.17. The Morgan fingerprint density at radius 1 is 1.32 bits per heavy atom. The van der Waals surface area contributed by atoms with Gasteiger partial charge < -0.3 is 14.2 Å². The summed E-state index contributed by atoms with van der Waals surface area (Å²) in [5.74, 6) is -0.0185. The van der Waals surface area contributed by atoms with E-state index in [2.05, 4.69) is 15.0 Å².